The summed E-state index contributed by atoms with van der Waals surface area (Å²) in [5.74, 6) is -0.264. The number of amides is 1. The van der Waals surface area contributed by atoms with Crippen molar-refractivity contribution in [3.8, 4) is 0 Å². The van der Waals surface area contributed by atoms with Crippen molar-refractivity contribution in [2.24, 2.45) is 5.73 Å². The molecule has 1 aliphatic rings. The molecule has 0 radical (unpaired) electrons. The van der Waals surface area contributed by atoms with Crippen LogP contribution >= 0.6 is 0 Å². The quantitative estimate of drug-likeness (QED) is 0.681. The molecule has 0 saturated heterocycles. The van der Waals surface area contributed by atoms with Crippen LogP contribution < -0.4 is 11.1 Å². The third-order valence-electron chi connectivity index (χ3n) is 2.35. The largest absolute Gasteiger partial charge is 0.369 e. The molecule has 0 aliphatic carbocycles. The van der Waals surface area contributed by atoms with Crippen LogP contribution in [0.15, 0.2) is 18.2 Å². The van der Waals surface area contributed by atoms with Gasteiger partial charge in [-0.05, 0) is 16.7 Å². The highest BCUT2D eigenvalue weighted by atomic mass is 16.1. The summed E-state index contributed by atoms with van der Waals surface area (Å²) in [6.07, 6.45) is 0.352. The maximum Gasteiger partial charge on any atom is 0.221 e. The van der Waals surface area contributed by atoms with Crippen LogP contribution in [0.1, 0.15) is 16.7 Å². The second kappa shape index (κ2) is 3.18. The van der Waals surface area contributed by atoms with Crippen molar-refractivity contribution in [1.82, 2.24) is 5.32 Å². The zero-order valence-corrected chi connectivity index (χ0v) is 7.34. The first-order valence-electron chi connectivity index (χ1n) is 4.36. The number of nitrogens with two attached hydrogens (primary N) is 1. The summed E-state index contributed by atoms with van der Waals surface area (Å²) >= 11 is 0. The third kappa shape index (κ3) is 1.55. The highest BCUT2D eigenvalue weighted by Crippen LogP contribution is 2.19. The van der Waals surface area contributed by atoms with Gasteiger partial charge in [-0.3, -0.25) is 4.79 Å². The van der Waals surface area contributed by atoms with Gasteiger partial charge < -0.3 is 11.1 Å². The van der Waals surface area contributed by atoms with E-state index >= 15 is 0 Å². The van der Waals surface area contributed by atoms with E-state index in [1.54, 1.807) is 0 Å². The van der Waals surface area contributed by atoms with Crippen molar-refractivity contribution in [3.63, 3.8) is 0 Å². The van der Waals surface area contributed by atoms with Gasteiger partial charge in [0, 0.05) is 13.1 Å². The van der Waals surface area contributed by atoms with Gasteiger partial charge >= 0.3 is 0 Å². The number of benzene rings is 1. The van der Waals surface area contributed by atoms with Crippen LogP contribution in [-0.2, 0) is 24.3 Å². The zero-order chi connectivity index (χ0) is 9.26. The summed E-state index contributed by atoms with van der Waals surface area (Å²) in [4.78, 5) is 10.8. The maximum atomic E-state index is 10.8. The van der Waals surface area contributed by atoms with Crippen LogP contribution in [0.25, 0.3) is 0 Å². The fourth-order valence-electron chi connectivity index (χ4n) is 1.76. The number of carbonyl (C=O) groups excluding carboxylic acids is 1. The van der Waals surface area contributed by atoms with E-state index in [0.717, 1.165) is 18.7 Å². The van der Waals surface area contributed by atoms with Crippen molar-refractivity contribution in [3.05, 3.63) is 34.9 Å². The number of rotatable bonds is 2. The normalized spacial score (nSPS) is 14.2. The molecule has 0 atom stereocenters. The fraction of sp³-hybridized carbons (Fsp3) is 0.300. The van der Waals surface area contributed by atoms with Gasteiger partial charge in [0.2, 0.25) is 5.91 Å². The highest BCUT2D eigenvalue weighted by Gasteiger charge is 2.14. The van der Waals surface area contributed by atoms with E-state index in [1.807, 2.05) is 12.1 Å². The Morgan fingerprint density at radius 1 is 1.46 bits per heavy atom. The topological polar surface area (TPSA) is 55.1 Å². The molecular formula is C10H12N2O. The van der Waals surface area contributed by atoms with Crippen molar-refractivity contribution in [2.75, 3.05) is 0 Å². The predicted molar refractivity (Wildman–Crippen MR) is 49.9 cm³/mol. The average Bonchev–Trinajstić information content (AvgIpc) is 2.51. The number of primary amides is 1. The van der Waals surface area contributed by atoms with Gasteiger partial charge in [0.15, 0.2) is 0 Å². The summed E-state index contributed by atoms with van der Waals surface area (Å²) in [6.45, 7) is 1.76. The van der Waals surface area contributed by atoms with Crippen LogP contribution in [0, 0.1) is 0 Å². The van der Waals surface area contributed by atoms with E-state index in [0.29, 0.717) is 6.42 Å². The Morgan fingerprint density at radius 3 is 3.08 bits per heavy atom. The number of nitrogens with one attached hydrogen (secondary N) is 1. The van der Waals surface area contributed by atoms with Crippen LogP contribution in [0.2, 0.25) is 0 Å². The summed E-state index contributed by atoms with van der Waals surface area (Å²) < 4.78 is 0. The zero-order valence-electron chi connectivity index (χ0n) is 7.34. The van der Waals surface area contributed by atoms with Crippen molar-refractivity contribution < 1.29 is 4.79 Å². The summed E-state index contributed by atoms with van der Waals surface area (Å²) in [5, 5.41) is 3.25. The minimum absolute atomic E-state index is 0.264. The van der Waals surface area contributed by atoms with Gasteiger partial charge in [0.25, 0.3) is 0 Å². The van der Waals surface area contributed by atoms with Crippen LogP contribution in [0.4, 0.5) is 0 Å². The first kappa shape index (κ1) is 8.26. The van der Waals surface area contributed by atoms with Gasteiger partial charge in [-0.25, -0.2) is 0 Å². The lowest BCUT2D eigenvalue weighted by Gasteiger charge is -2.04. The van der Waals surface area contributed by atoms with E-state index in [4.69, 9.17) is 5.73 Å². The molecule has 0 aromatic heterocycles. The Morgan fingerprint density at radius 2 is 2.31 bits per heavy atom. The van der Waals surface area contributed by atoms with E-state index in [2.05, 4.69) is 11.4 Å². The molecule has 0 fully saturated rings. The minimum atomic E-state index is -0.264. The Hall–Kier alpha value is -1.35. The van der Waals surface area contributed by atoms with Crippen molar-refractivity contribution in [2.45, 2.75) is 19.5 Å². The summed E-state index contributed by atoms with van der Waals surface area (Å²) in [6, 6.07) is 6.03. The Labute approximate surface area is 76.9 Å². The first-order chi connectivity index (χ1) is 6.27. The second-order valence-electron chi connectivity index (χ2n) is 3.30. The molecule has 3 heteroatoms. The predicted octanol–water partition coefficient (Wildman–Crippen LogP) is 0.318. The Kier molecular flexibility index (Phi) is 2.02. The number of hydrogen-bond donors (Lipinski definition) is 2. The van der Waals surface area contributed by atoms with Gasteiger partial charge in [0.05, 0.1) is 6.42 Å². The molecule has 2 rings (SSSR count). The van der Waals surface area contributed by atoms with E-state index in [9.17, 15) is 4.79 Å². The van der Waals surface area contributed by atoms with Crippen LogP contribution in [0.3, 0.4) is 0 Å². The molecular weight excluding hydrogens is 164 g/mol. The monoisotopic (exact) mass is 176 g/mol. The lowest BCUT2D eigenvalue weighted by Crippen LogP contribution is -2.15. The Bertz CT molecular complexity index is 347. The third-order valence-corrected chi connectivity index (χ3v) is 2.35. The molecule has 0 saturated carbocycles. The minimum Gasteiger partial charge on any atom is -0.369 e. The van der Waals surface area contributed by atoms with Crippen molar-refractivity contribution in [1.29, 1.82) is 0 Å². The maximum absolute atomic E-state index is 10.8. The van der Waals surface area contributed by atoms with E-state index in [-0.39, 0.29) is 5.91 Å². The summed E-state index contributed by atoms with van der Waals surface area (Å²) in [7, 11) is 0. The average molecular weight is 176 g/mol. The molecule has 0 bridgehead atoms. The number of hydrogen-bond acceptors (Lipinski definition) is 2. The molecule has 1 aromatic rings. The van der Waals surface area contributed by atoms with Crippen molar-refractivity contribution >= 4 is 5.91 Å². The molecule has 3 nitrogen and oxygen atoms in total. The van der Waals surface area contributed by atoms with E-state index < -0.39 is 0 Å². The van der Waals surface area contributed by atoms with Gasteiger partial charge in [0.1, 0.15) is 0 Å². The van der Waals surface area contributed by atoms with Gasteiger partial charge in [-0.15, -0.1) is 0 Å². The smallest absolute Gasteiger partial charge is 0.221 e. The van der Waals surface area contributed by atoms with E-state index in [1.165, 1.54) is 11.1 Å². The summed E-state index contributed by atoms with van der Waals surface area (Å²) in [5.41, 5.74) is 8.77. The molecule has 1 aromatic carbocycles. The Balaban J connectivity index is 2.36. The van der Waals surface area contributed by atoms with Gasteiger partial charge in [-0.1, -0.05) is 18.2 Å². The fourth-order valence-corrected chi connectivity index (χ4v) is 1.76. The standard InChI is InChI=1S/C10H12N2O/c11-10(13)4-7-2-1-3-8-5-12-6-9(7)8/h1-3,12H,4-6H2,(H2,11,13). The molecule has 0 unspecified atom stereocenters. The lowest BCUT2D eigenvalue weighted by molar-refractivity contribution is -0.117. The lowest BCUT2D eigenvalue weighted by atomic mass is 10.0. The molecule has 0 spiro atoms. The molecule has 68 valence electrons. The highest BCUT2D eigenvalue weighted by molar-refractivity contribution is 5.77. The first-order valence-corrected chi connectivity index (χ1v) is 4.36. The SMILES string of the molecule is NC(=O)Cc1cccc2c1CNC2. The molecule has 1 amide bonds. The van der Waals surface area contributed by atoms with Gasteiger partial charge in [-0.2, -0.15) is 0 Å². The van der Waals surface area contributed by atoms with Crippen LogP contribution in [0.5, 0.6) is 0 Å². The molecule has 1 aliphatic heterocycles. The van der Waals surface area contributed by atoms with Crippen LogP contribution in [-0.4, -0.2) is 5.91 Å². The molecule has 3 N–H and O–H groups in total. The molecule has 13 heavy (non-hydrogen) atoms. The number of fused-ring (bicyclic) bond motifs is 1. The number of carbonyl (C=O) groups is 1. The second-order valence-corrected chi connectivity index (χ2v) is 3.30. The molecule has 1 heterocycles.